The molecular weight excluding hydrogens is 488 g/mol. The summed E-state index contributed by atoms with van der Waals surface area (Å²) in [5, 5.41) is 15.3. The molecule has 2 aliphatic carbocycles. The maximum atomic E-state index is 13.0. The van der Waals surface area contributed by atoms with Gasteiger partial charge >= 0.3 is 0 Å². The number of rotatable bonds is 6. The van der Waals surface area contributed by atoms with Crippen molar-refractivity contribution < 1.29 is 19.5 Å². The first kappa shape index (κ1) is 27.8. The highest BCUT2D eigenvalue weighted by atomic mass is 32.1. The van der Waals surface area contributed by atoms with Gasteiger partial charge in [-0.05, 0) is 49.4 Å². The number of fused-ring (bicyclic) bond motifs is 2. The predicted molar refractivity (Wildman–Crippen MR) is 145 cm³/mol. The lowest BCUT2D eigenvalue weighted by molar-refractivity contribution is -0.143. The zero-order valence-electron chi connectivity index (χ0n) is 22.8. The molecule has 2 heterocycles. The number of hydrogen-bond donors (Lipinski definition) is 2. The molecule has 1 saturated carbocycles. The van der Waals surface area contributed by atoms with Crippen molar-refractivity contribution in [2.24, 2.45) is 29.1 Å². The molecule has 204 valence electrons. The van der Waals surface area contributed by atoms with Gasteiger partial charge in [0.15, 0.2) is 5.13 Å². The van der Waals surface area contributed by atoms with Crippen molar-refractivity contribution >= 4 is 34.2 Å². The third kappa shape index (κ3) is 5.35. The van der Waals surface area contributed by atoms with E-state index in [9.17, 15) is 19.5 Å². The van der Waals surface area contributed by atoms with E-state index in [4.69, 9.17) is 4.98 Å². The van der Waals surface area contributed by atoms with Gasteiger partial charge in [0, 0.05) is 56.2 Å². The van der Waals surface area contributed by atoms with Crippen molar-refractivity contribution in [3.63, 3.8) is 0 Å². The Kier molecular flexibility index (Phi) is 8.14. The number of carbonyl (C=O) groups is 3. The summed E-state index contributed by atoms with van der Waals surface area (Å²) in [6.07, 6.45) is 5.04. The Hall–Kier alpha value is -2.26. The second-order valence-corrected chi connectivity index (χ2v) is 12.8. The van der Waals surface area contributed by atoms with Crippen molar-refractivity contribution in [1.29, 1.82) is 0 Å². The van der Waals surface area contributed by atoms with E-state index in [-0.39, 0.29) is 52.7 Å². The highest BCUT2D eigenvalue weighted by molar-refractivity contribution is 7.15. The Balaban J connectivity index is 1.47. The first-order valence-corrected chi connectivity index (χ1v) is 14.4. The number of amides is 3. The molecule has 1 aliphatic heterocycles. The second-order valence-electron chi connectivity index (χ2n) is 11.7. The molecule has 1 aromatic heterocycles. The number of aliphatic hydroxyl groups is 1. The largest absolute Gasteiger partial charge is 0.392 e. The Bertz CT molecular complexity index is 1050. The minimum Gasteiger partial charge on any atom is -0.392 e. The van der Waals surface area contributed by atoms with E-state index in [2.05, 4.69) is 25.7 Å². The average Bonchev–Trinajstić information content (AvgIpc) is 3.25. The number of nitrogens with zero attached hydrogens (tertiary/aromatic N) is 3. The zero-order chi connectivity index (χ0) is 27.1. The molecule has 9 heteroatoms. The molecule has 0 aromatic carbocycles. The lowest BCUT2D eigenvalue weighted by Crippen LogP contribution is -2.53. The van der Waals surface area contributed by atoms with Crippen LogP contribution in [0.2, 0.25) is 0 Å². The molecule has 4 rings (SSSR count). The van der Waals surface area contributed by atoms with Crippen LogP contribution >= 0.6 is 11.3 Å². The first-order chi connectivity index (χ1) is 17.5. The number of carbonyl (C=O) groups excluding carboxylic acids is 3. The fraction of sp³-hybridized carbons (Fsp3) is 0.714. The summed E-state index contributed by atoms with van der Waals surface area (Å²) in [5.74, 6) is -0.373. The molecule has 0 bridgehead atoms. The SMILES string of the molecule is C=CCN(C)C(=O)C(C)C1CCC2(C)Cc3sc(NC(=O)C4CCN(C(C)=O)CC4)nc3C(C)C2C1O. The van der Waals surface area contributed by atoms with Crippen LogP contribution in [0.5, 0.6) is 0 Å². The fourth-order valence-electron chi connectivity index (χ4n) is 7.08. The van der Waals surface area contributed by atoms with Crippen LogP contribution in [-0.2, 0) is 20.8 Å². The van der Waals surface area contributed by atoms with Crippen LogP contribution in [0.25, 0.3) is 0 Å². The molecule has 2 N–H and O–H groups in total. The van der Waals surface area contributed by atoms with Crippen LogP contribution in [0.1, 0.15) is 69.9 Å². The van der Waals surface area contributed by atoms with E-state index in [1.807, 2.05) is 6.92 Å². The van der Waals surface area contributed by atoms with E-state index in [0.717, 1.165) is 25.0 Å². The standard InChI is InChI=1S/C28H42N4O4S/c1-7-12-31(6)26(36)16(2)20-8-11-28(5)15-21-23(17(3)22(28)24(20)34)29-27(37-21)30-25(35)19-9-13-32(14-10-19)18(4)33/h7,16-17,19-20,22,24,34H,1,8-15H2,2-6H3,(H,29,30,35). The van der Waals surface area contributed by atoms with Gasteiger partial charge in [-0.2, -0.15) is 0 Å². The Morgan fingerprint density at radius 2 is 2.00 bits per heavy atom. The molecule has 0 spiro atoms. The smallest absolute Gasteiger partial charge is 0.229 e. The van der Waals surface area contributed by atoms with Crippen molar-refractivity contribution in [2.45, 2.75) is 71.8 Å². The van der Waals surface area contributed by atoms with E-state index in [1.54, 1.807) is 41.2 Å². The van der Waals surface area contributed by atoms with Gasteiger partial charge in [0.2, 0.25) is 17.7 Å². The van der Waals surface area contributed by atoms with Gasteiger partial charge < -0.3 is 20.2 Å². The summed E-state index contributed by atoms with van der Waals surface area (Å²) in [6, 6.07) is 0. The number of thiazole rings is 1. The highest BCUT2D eigenvalue weighted by Crippen LogP contribution is 2.57. The molecule has 3 amide bonds. The number of hydrogen-bond acceptors (Lipinski definition) is 6. The van der Waals surface area contributed by atoms with Gasteiger partial charge in [-0.15, -0.1) is 17.9 Å². The lowest BCUT2D eigenvalue weighted by atomic mass is 9.53. The molecule has 37 heavy (non-hydrogen) atoms. The van der Waals surface area contributed by atoms with E-state index in [0.29, 0.717) is 37.6 Å². The number of nitrogens with one attached hydrogen (secondary N) is 1. The quantitative estimate of drug-likeness (QED) is 0.547. The number of piperidine rings is 1. The van der Waals surface area contributed by atoms with Crippen molar-refractivity contribution in [1.82, 2.24) is 14.8 Å². The summed E-state index contributed by atoms with van der Waals surface area (Å²) < 4.78 is 0. The molecular formula is C28H42N4O4S. The van der Waals surface area contributed by atoms with Crippen LogP contribution in [0, 0.1) is 29.1 Å². The minimum absolute atomic E-state index is 0.000250. The fourth-order valence-corrected chi connectivity index (χ4v) is 8.35. The summed E-state index contributed by atoms with van der Waals surface area (Å²) in [4.78, 5) is 47.0. The first-order valence-electron chi connectivity index (χ1n) is 13.6. The van der Waals surface area contributed by atoms with Crippen LogP contribution in [0.15, 0.2) is 12.7 Å². The number of anilines is 1. The third-order valence-corrected chi connectivity index (χ3v) is 10.3. The summed E-state index contributed by atoms with van der Waals surface area (Å²) >= 11 is 1.55. The van der Waals surface area contributed by atoms with E-state index in [1.165, 1.54) is 4.88 Å². The van der Waals surface area contributed by atoms with Gasteiger partial charge in [-0.3, -0.25) is 14.4 Å². The van der Waals surface area contributed by atoms with Crippen molar-refractivity contribution in [3.05, 3.63) is 23.2 Å². The number of aromatic nitrogens is 1. The number of likely N-dealkylation sites (tertiary alicyclic amines) is 1. The predicted octanol–water partition coefficient (Wildman–Crippen LogP) is 3.67. The van der Waals surface area contributed by atoms with Crippen molar-refractivity contribution in [2.75, 3.05) is 32.0 Å². The molecule has 2 fully saturated rings. The highest BCUT2D eigenvalue weighted by Gasteiger charge is 2.54. The van der Waals surface area contributed by atoms with E-state index >= 15 is 0 Å². The summed E-state index contributed by atoms with van der Waals surface area (Å²) in [7, 11) is 1.78. The Labute approximate surface area is 224 Å². The molecule has 1 saturated heterocycles. The van der Waals surface area contributed by atoms with Gasteiger partial charge in [-0.1, -0.05) is 26.8 Å². The minimum atomic E-state index is -0.593. The molecule has 8 nitrogen and oxygen atoms in total. The second kappa shape index (κ2) is 10.8. The molecule has 1 aromatic rings. The van der Waals surface area contributed by atoms with E-state index < -0.39 is 6.10 Å². The van der Waals surface area contributed by atoms with Gasteiger partial charge in [0.1, 0.15) is 0 Å². The summed E-state index contributed by atoms with van der Waals surface area (Å²) in [6.45, 7) is 13.3. The maximum absolute atomic E-state index is 13.0. The number of aliphatic hydroxyl groups excluding tert-OH is 1. The Morgan fingerprint density at radius 3 is 2.62 bits per heavy atom. The monoisotopic (exact) mass is 530 g/mol. The lowest BCUT2D eigenvalue weighted by Gasteiger charge is -2.53. The van der Waals surface area contributed by atoms with Gasteiger partial charge in [0.25, 0.3) is 0 Å². The summed E-state index contributed by atoms with van der Waals surface area (Å²) in [5.41, 5.74) is 0.891. The van der Waals surface area contributed by atoms with Crippen LogP contribution in [0.3, 0.4) is 0 Å². The average molecular weight is 531 g/mol. The van der Waals surface area contributed by atoms with Crippen molar-refractivity contribution in [3.8, 4) is 0 Å². The molecule has 3 aliphatic rings. The topological polar surface area (TPSA) is 103 Å². The van der Waals surface area contributed by atoms with Crippen LogP contribution in [-0.4, -0.2) is 70.4 Å². The zero-order valence-corrected chi connectivity index (χ0v) is 23.6. The maximum Gasteiger partial charge on any atom is 0.229 e. The molecule has 6 atom stereocenters. The molecule has 0 radical (unpaired) electrons. The van der Waals surface area contributed by atoms with Gasteiger partial charge in [0.05, 0.1) is 11.8 Å². The van der Waals surface area contributed by atoms with Crippen LogP contribution < -0.4 is 5.32 Å². The number of likely N-dealkylation sites (N-methyl/N-ethyl adjacent to an activating group) is 1. The molecule has 6 unspecified atom stereocenters. The third-order valence-electron chi connectivity index (χ3n) is 9.27. The van der Waals surface area contributed by atoms with Gasteiger partial charge in [-0.25, -0.2) is 4.98 Å². The normalized spacial score (nSPS) is 30.6. The van der Waals surface area contributed by atoms with Crippen LogP contribution in [0.4, 0.5) is 5.13 Å². The Morgan fingerprint density at radius 1 is 1.32 bits per heavy atom.